The van der Waals surface area contributed by atoms with E-state index in [-0.39, 0.29) is 19.1 Å². The molecule has 0 spiro atoms. The molecule has 0 saturated heterocycles. The molecule has 0 atom stereocenters. The van der Waals surface area contributed by atoms with Gasteiger partial charge in [0.05, 0.1) is 6.61 Å². The van der Waals surface area contributed by atoms with Gasteiger partial charge in [0, 0.05) is 11.6 Å². The van der Waals surface area contributed by atoms with Gasteiger partial charge in [-0.3, -0.25) is 0 Å². The molecule has 80 valence electrons. The monoisotopic (exact) mass is 208 g/mol. The fourth-order valence-electron chi connectivity index (χ4n) is 0.778. The van der Waals surface area contributed by atoms with Gasteiger partial charge in [-0.15, -0.1) is 6.58 Å². The maximum absolute atomic E-state index is 11.9. The first-order valence-electron chi connectivity index (χ1n) is 3.97. The first-order chi connectivity index (χ1) is 6.40. The van der Waals surface area contributed by atoms with Gasteiger partial charge in [-0.05, 0) is 13.3 Å². The third-order valence-electron chi connectivity index (χ3n) is 1.24. The highest BCUT2D eigenvalue weighted by atomic mass is 19.4. The van der Waals surface area contributed by atoms with Crippen molar-refractivity contribution in [2.45, 2.75) is 19.5 Å². The van der Waals surface area contributed by atoms with Crippen molar-refractivity contribution in [3.63, 3.8) is 0 Å². The van der Waals surface area contributed by atoms with Crippen molar-refractivity contribution in [1.29, 1.82) is 0 Å². The van der Waals surface area contributed by atoms with Crippen LogP contribution in [0.4, 0.5) is 13.2 Å². The zero-order valence-corrected chi connectivity index (χ0v) is 7.73. The largest absolute Gasteiger partial charge is 0.463 e. The van der Waals surface area contributed by atoms with Crippen LogP contribution in [0.15, 0.2) is 24.3 Å². The van der Waals surface area contributed by atoms with E-state index in [1.54, 1.807) is 0 Å². The molecule has 0 unspecified atom stereocenters. The third kappa shape index (κ3) is 5.40. The Morgan fingerprint density at radius 3 is 2.43 bits per heavy atom. The summed E-state index contributed by atoms with van der Waals surface area (Å²) in [6.45, 7) is 4.83. The molecule has 0 saturated carbocycles. The van der Waals surface area contributed by atoms with E-state index in [1.807, 2.05) is 0 Å². The zero-order chi connectivity index (χ0) is 11.2. The molecular formula is C9H11F3O2. The lowest BCUT2D eigenvalue weighted by atomic mass is 10.2. The van der Waals surface area contributed by atoms with Gasteiger partial charge in [0.15, 0.2) is 0 Å². The second-order valence-corrected chi connectivity index (χ2v) is 2.42. The molecular weight excluding hydrogens is 197 g/mol. The summed E-state index contributed by atoms with van der Waals surface area (Å²) in [4.78, 5) is 11.0. The topological polar surface area (TPSA) is 26.3 Å². The molecule has 0 radical (unpaired) electrons. The van der Waals surface area contributed by atoms with Crippen LogP contribution in [0.5, 0.6) is 0 Å². The molecule has 0 aliphatic carbocycles. The van der Waals surface area contributed by atoms with E-state index in [9.17, 15) is 18.0 Å². The summed E-state index contributed by atoms with van der Waals surface area (Å²) in [5.41, 5.74) is -0.436. The zero-order valence-electron chi connectivity index (χ0n) is 7.73. The van der Waals surface area contributed by atoms with Crippen molar-refractivity contribution < 1.29 is 22.7 Å². The molecule has 0 aromatic heterocycles. The van der Waals surface area contributed by atoms with Crippen LogP contribution in [-0.2, 0) is 9.53 Å². The van der Waals surface area contributed by atoms with Crippen LogP contribution < -0.4 is 0 Å². The Morgan fingerprint density at radius 2 is 2.07 bits per heavy atom. The molecule has 0 bridgehead atoms. The van der Waals surface area contributed by atoms with Crippen LogP contribution in [0.25, 0.3) is 0 Å². The molecule has 0 N–H and O–H groups in total. The van der Waals surface area contributed by atoms with Crippen LogP contribution in [0.2, 0.25) is 0 Å². The minimum Gasteiger partial charge on any atom is -0.463 e. The van der Waals surface area contributed by atoms with Gasteiger partial charge < -0.3 is 4.74 Å². The molecule has 14 heavy (non-hydrogen) atoms. The van der Waals surface area contributed by atoms with Gasteiger partial charge in [0.1, 0.15) is 0 Å². The molecule has 0 aromatic carbocycles. The summed E-state index contributed by atoms with van der Waals surface area (Å²) < 4.78 is 40.2. The molecule has 2 nitrogen and oxygen atoms in total. The lowest BCUT2D eigenvalue weighted by Crippen LogP contribution is -2.12. The highest BCUT2D eigenvalue weighted by molar-refractivity contribution is 5.88. The number of ether oxygens (including phenoxy) is 1. The Labute approximate surface area is 80.1 Å². The SMILES string of the molecule is C=CC/C(=C\C(F)(F)F)C(=O)OCC. The minimum absolute atomic E-state index is 0.0468. The molecule has 0 aliphatic heterocycles. The Morgan fingerprint density at radius 1 is 1.50 bits per heavy atom. The number of carbonyl (C=O) groups is 1. The fourth-order valence-corrected chi connectivity index (χ4v) is 0.778. The second-order valence-electron chi connectivity index (χ2n) is 2.42. The van der Waals surface area contributed by atoms with E-state index < -0.39 is 17.7 Å². The van der Waals surface area contributed by atoms with E-state index >= 15 is 0 Å². The van der Waals surface area contributed by atoms with Crippen molar-refractivity contribution in [1.82, 2.24) is 0 Å². The second kappa shape index (κ2) is 5.47. The molecule has 0 fully saturated rings. The highest BCUT2D eigenvalue weighted by Crippen LogP contribution is 2.20. The van der Waals surface area contributed by atoms with Crippen molar-refractivity contribution in [3.8, 4) is 0 Å². The van der Waals surface area contributed by atoms with Crippen molar-refractivity contribution in [2.24, 2.45) is 0 Å². The first-order valence-corrected chi connectivity index (χ1v) is 3.97. The molecule has 0 amide bonds. The number of rotatable bonds is 4. The summed E-state index contributed by atoms with van der Waals surface area (Å²) in [6.07, 6.45) is -3.51. The Balaban J connectivity index is 4.66. The lowest BCUT2D eigenvalue weighted by Gasteiger charge is -2.06. The predicted molar refractivity (Wildman–Crippen MR) is 45.6 cm³/mol. The summed E-state index contributed by atoms with van der Waals surface area (Å²) in [6, 6.07) is 0. The number of alkyl halides is 3. The summed E-state index contributed by atoms with van der Waals surface area (Å²) in [7, 11) is 0. The van der Waals surface area contributed by atoms with Crippen LogP contribution in [-0.4, -0.2) is 18.8 Å². The Kier molecular flexibility index (Phi) is 4.97. The third-order valence-corrected chi connectivity index (χ3v) is 1.24. The number of hydrogen-bond donors (Lipinski definition) is 0. The van der Waals surface area contributed by atoms with E-state index in [1.165, 1.54) is 13.0 Å². The quantitative estimate of drug-likeness (QED) is 0.403. The lowest BCUT2D eigenvalue weighted by molar-refractivity contribution is -0.139. The van der Waals surface area contributed by atoms with Gasteiger partial charge in [-0.25, -0.2) is 4.79 Å². The standard InChI is InChI=1S/C9H11F3O2/c1-3-5-7(6-9(10,11)12)8(13)14-4-2/h3,6H,1,4-5H2,2H3/b7-6+. The van der Waals surface area contributed by atoms with Crippen LogP contribution in [0.3, 0.4) is 0 Å². The number of carbonyl (C=O) groups excluding carboxylic acids is 1. The van der Waals surface area contributed by atoms with Crippen LogP contribution in [0.1, 0.15) is 13.3 Å². The van der Waals surface area contributed by atoms with Crippen molar-refractivity contribution >= 4 is 5.97 Å². The predicted octanol–water partition coefficient (Wildman–Crippen LogP) is 2.61. The molecule has 0 aliphatic rings. The number of allylic oxidation sites excluding steroid dienone is 2. The first kappa shape index (κ1) is 12.7. The molecule has 0 heterocycles. The van der Waals surface area contributed by atoms with Gasteiger partial charge in [-0.2, -0.15) is 13.2 Å². The molecule has 0 aromatic rings. The number of hydrogen-bond acceptors (Lipinski definition) is 2. The maximum Gasteiger partial charge on any atom is 0.410 e. The van der Waals surface area contributed by atoms with Gasteiger partial charge in [-0.1, -0.05) is 6.08 Å². The van der Waals surface area contributed by atoms with Crippen molar-refractivity contribution in [2.75, 3.05) is 6.61 Å². The van der Waals surface area contributed by atoms with Crippen LogP contribution >= 0.6 is 0 Å². The number of halogens is 3. The number of esters is 1. The fraction of sp³-hybridized carbons (Fsp3) is 0.444. The van der Waals surface area contributed by atoms with E-state index in [2.05, 4.69) is 11.3 Å². The average molecular weight is 208 g/mol. The minimum atomic E-state index is -4.51. The molecule has 5 heteroatoms. The van der Waals surface area contributed by atoms with E-state index in [4.69, 9.17) is 0 Å². The highest BCUT2D eigenvalue weighted by Gasteiger charge is 2.26. The van der Waals surface area contributed by atoms with Gasteiger partial charge in [0.2, 0.25) is 0 Å². The normalized spacial score (nSPS) is 12.4. The van der Waals surface area contributed by atoms with E-state index in [0.29, 0.717) is 0 Å². The Hall–Kier alpha value is -1.26. The van der Waals surface area contributed by atoms with Crippen molar-refractivity contribution in [3.05, 3.63) is 24.3 Å². The maximum atomic E-state index is 11.9. The van der Waals surface area contributed by atoms with Gasteiger partial charge >= 0.3 is 12.1 Å². The average Bonchev–Trinajstić information content (AvgIpc) is 2.01. The van der Waals surface area contributed by atoms with Gasteiger partial charge in [0.25, 0.3) is 0 Å². The summed E-state index contributed by atoms with van der Waals surface area (Å²) >= 11 is 0. The summed E-state index contributed by atoms with van der Waals surface area (Å²) in [5.74, 6) is -0.954. The Bertz CT molecular complexity index is 241. The molecule has 0 rings (SSSR count). The summed E-state index contributed by atoms with van der Waals surface area (Å²) in [5, 5.41) is 0. The van der Waals surface area contributed by atoms with Crippen LogP contribution in [0, 0.1) is 0 Å². The van der Waals surface area contributed by atoms with E-state index in [0.717, 1.165) is 0 Å². The smallest absolute Gasteiger partial charge is 0.410 e.